The van der Waals surface area contributed by atoms with E-state index in [1.807, 2.05) is 24.4 Å². The van der Waals surface area contributed by atoms with Crippen LogP contribution in [0.3, 0.4) is 0 Å². The predicted molar refractivity (Wildman–Crippen MR) is 89.2 cm³/mol. The molecule has 0 bridgehead atoms. The molecular formula is C18H17FN2S. The summed E-state index contributed by atoms with van der Waals surface area (Å²) in [6.07, 6.45) is 1.91. The predicted octanol–water partition coefficient (Wildman–Crippen LogP) is 4.55. The minimum Gasteiger partial charge on any atom is -0.306 e. The fraction of sp³-hybridized carbons (Fsp3) is 0.167. The summed E-state index contributed by atoms with van der Waals surface area (Å²) in [6, 6.07) is 15.1. The summed E-state index contributed by atoms with van der Waals surface area (Å²) in [5, 5.41) is 4.26. The molecule has 0 atom stereocenters. The van der Waals surface area contributed by atoms with Gasteiger partial charge in [-0.15, -0.1) is 11.3 Å². The molecule has 22 heavy (non-hydrogen) atoms. The summed E-state index contributed by atoms with van der Waals surface area (Å²) >= 11 is 1.67. The Hall–Kier alpha value is -2.04. The first-order valence-electron chi connectivity index (χ1n) is 7.19. The summed E-state index contributed by atoms with van der Waals surface area (Å²) in [4.78, 5) is 5.62. The van der Waals surface area contributed by atoms with Crippen molar-refractivity contribution in [1.82, 2.24) is 10.3 Å². The molecule has 0 fully saturated rings. The van der Waals surface area contributed by atoms with Crippen LogP contribution in [-0.2, 0) is 13.1 Å². The molecule has 0 aliphatic carbocycles. The second-order valence-electron chi connectivity index (χ2n) is 5.13. The van der Waals surface area contributed by atoms with E-state index in [9.17, 15) is 4.39 Å². The summed E-state index contributed by atoms with van der Waals surface area (Å²) < 4.78 is 13.5. The highest BCUT2D eigenvalue weighted by atomic mass is 32.1. The summed E-state index contributed by atoms with van der Waals surface area (Å²) in [5.74, 6) is -0.172. The van der Waals surface area contributed by atoms with E-state index in [0.717, 1.165) is 5.01 Å². The van der Waals surface area contributed by atoms with Crippen LogP contribution in [0.2, 0.25) is 0 Å². The number of hydrogen-bond donors (Lipinski definition) is 1. The van der Waals surface area contributed by atoms with E-state index < -0.39 is 0 Å². The Morgan fingerprint density at radius 3 is 2.64 bits per heavy atom. The molecule has 4 heteroatoms. The molecule has 2 nitrogen and oxygen atoms in total. The number of halogens is 1. The van der Waals surface area contributed by atoms with E-state index >= 15 is 0 Å². The number of aromatic nitrogens is 1. The minimum absolute atomic E-state index is 0.172. The summed E-state index contributed by atoms with van der Waals surface area (Å²) in [5.41, 5.74) is 3.15. The average Bonchev–Trinajstić information content (AvgIpc) is 2.98. The third-order valence-corrected chi connectivity index (χ3v) is 4.54. The third-order valence-electron chi connectivity index (χ3n) is 3.51. The molecule has 1 aromatic heterocycles. The molecule has 0 aliphatic heterocycles. The Balaban J connectivity index is 1.63. The molecule has 3 aromatic rings. The van der Waals surface area contributed by atoms with Crippen molar-refractivity contribution in [1.29, 1.82) is 0 Å². The molecule has 0 amide bonds. The van der Waals surface area contributed by atoms with Gasteiger partial charge < -0.3 is 5.32 Å². The SMILES string of the molecule is Cc1ccccc1-c1cnc(CNCc2ccccc2F)s1. The van der Waals surface area contributed by atoms with Gasteiger partial charge in [0, 0.05) is 24.8 Å². The monoisotopic (exact) mass is 312 g/mol. The van der Waals surface area contributed by atoms with Gasteiger partial charge in [0.25, 0.3) is 0 Å². The van der Waals surface area contributed by atoms with Gasteiger partial charge in [0.15, 0.2) is 0 Å². The highest BCUT2D eigenvalue weighted by Crippen LogP contribution is 2.28. The molecular weight excluding hydrogens is 295 g/mol. The zero-order chi connectivity index (χ0) is 15.4. The molecule has 0 unspecified atom stereocenters. The first-order chi connectivity index (χ1) is 10.7. The Bertz CT molecular complexity index is 767. The number of nitrogens with zero attached hydrogens (tertiary/aromatic N) is 1. The number of thiazole rings is 1. The number of benzene rings is 2. The maximum Gasteiger partial charge on any atom is 0.127 e. The minimum atomic E-state index is -0.172. The van der Waals surface area contributed by atoms with Crippen molar-refractivity contribution in [2.24, 2.45) is 0 Å². The van der Waals surface area contributed by atoms with Crippen molar-refractivity contribution >= 4 is 11.3 Å². The van der Waals surface area contributed by atoms with Crippen molar-refractivity contribution in [3.05, 3.63) is 76.7 Å². The molecule has 1 N–H and O–H groups in total. The van der Waals surface area contributed by atoms with Gasteiger partial charge in [-0.3, -0.25) is 0 Å². The Labute approximate surface area is 133 Å². The van der Waals surface area contributed by atoms with E-state index in [1.165, 1.54) is 22.1 Å². The van der Waals surface area contributed by atoms with Gasteiger partial charge in [-0.1, -0.05) is 42.5 Å². The van der Waals surface area contributed by atoms with Crippen LogP contribution in [0.4, 0.5) is 4.39 Å². The Kier molecular flexibility index (Phi) is 4.61. The van der Waals surface area contributed by atoms with Crippen LogP contribution in [-0.4, -0.2) is 4.98 Å². The quantitative estimate of drug-likeness (QED) is 0.748. The van der Waals surface area contributed by atoms with Gasteiger partial charge in [0.2, 0.25) is 0 Å². The fourth-order valence-electron chi connectivity index (χ4n) is 2.31. The van der Waals surface area contributed by atoms with E-state index in [0.29, 0.717) is 18.7 Å². The Morgan fingerprint density at radius 1 is 1.05 bits per heavy atom. The molecule has 112 valence electrons. The zero-order valence-electron chi connectivity index (χ0n) is 12.3. The second-order valence-corrected chi connectivity index (χ2v) is 6.24. The van der Waals surface area contributed by atoms with Crippen molar-refractivity contribution in [3.8, 4) is 10.4 Å². The maximum atomic E-state index is 13.5. The fourth-order valence-corrected chi connectivity index (χ4v) is 3.29. The maximum absolute atomic E-state index is 13.5. The van der Waals surface area contributed by atoms with Crippen LogP contribution >= 0.6 is 11.3 Å². The van der Waals surface area contributed by atoms with E-state index in [-0.39, 0.29) is 5.82 Å². The van der Waals surface area contributed by atoms with Crippen LogP contribution in [0, 0.1) is 12.7 Å². The van der Waals surface area contributed by atoms with Crippen LogP contribution < -0.4 is 5.32 Å². The lowest BCUT2D eigenvalue weighted by Gasteiger charge is -2.04. The topological polar surface area (TPSA) is 24.9 Å². The average molecular weight is 312 g/mol. The molecule has 0 aliphatic rings. The standard InChI is InChI=1S/C18H17FN2S/c1-13-6-2-4-8-15(13)17-11-21-18(22-17)12-20-10-14-7-3-5-9-16(14)19/h2-9,11,20H,10,12H2,1H3. The van der Waals surface area contributed by atoms with E-state index in [4.69, 9.17) is 0 Å². The van der Waals surface area contributed by atoms with Crippen molar-refractivity contribution in [2.45, 2.75) is 20.0 Å². The zero-order valence-corrected chi connectivity index (χ0v) is 13.2. The smallest absolute Gasteiger partial charge is 0.127 e. The molecule has 0 saturated carbocycles. The van der Waals surface area contributed by atoms with Crippen molar-refractivity contribution in [2.75, 3.05) is 0 Å². The lowest BCUT2D eigenvalue weighted by Crippen LogP contribution is -2.13. The first-order valence-corrected chi connectivity index (χ1v) is 8.00. The van der Waals surface area contributed by atoms with Crippen molar-refractivity contribution < 1.29 is 4.39 Å². The molecule has 0 spiro atoms. The van der Waals surface area contributed by atoms with Crippen LogP contribution in [0.25, 0.3) is 10.4 Å². The number of rotatable bonds is 5. The van der Waals surface area contributed by atoms with Crippen LogP contribution in [0.1, 0.15) is 16.1 Å². The Morgan fingerprint density at radius 2 is 1.82 bits per heavy atom. The van der Waals surface area contributed by atoms with Crippen molar-refractivity contribution in [3.63, 3.8) is 0 Å². The summed E-state index contributed by atoms with van der Waals surface area (Å²) in [7, 11) is 0. The first kappa shape index (κ1) is 14.9. The summed E-state index contributed by atoms with van der Waals surface area (Å²) in [6.45, 7) is 3.25. The highest BCUT2D eigenvalue weighted by molar-refractivity contribution is 7.15. The van der Waals surface area contributed by atoms with E-state index in [1.54, 1.807) is 23.5 Å². The lowest BCUT2D eigenvalue weighted by atomic mass is 10.1. The number of nitrogens with one attached hydrogen (secondary N) is 1. The van der Waals surface area contributed by atoms with Gasteiger partial charge in [-0.2, -0.15) is 0 Å². The molecule has 0 radical (unpaired) electrons. The lowest BCUT2D eigenvalue weighted by molar-refractivity contribution is 0.587. The molecule has 1 heterocycles. The molecule has 3 rings (SSSR count). The van der Waals surface area contributed by atoms with Gasteiger partial charge in [0.1, 0.15) is 10.8 Å². The molecule has 0 saturated heterocycles. The number of aryl methyl sites for hydroxylation is 1. The van der Waals surface area contributed by atoms with Gasteiger partial charge in [-0.05, 0) is 24.1 Å². The van der Waals surface area contributed by atoms with Crippen LogP contribution in [0.5, 0.6) is 0 Å². The molecule has 2 aromatic carbocycles. The second kappa shape index (κ2) is 6.81. The highest BCUT2D eigenvalue weighted by Gasteiger charge is 2.07. The van der Waals surface area contributed by atoms with Gasteiger partial charge in [-0.25, -0.2) is 9.37 Å². The van der Waals surface area contributed by atoms with E-state index in [2.05, 4.69) is 29.4 Å². The largest absolute Gasteiger partial charge is 0.306 e. The van der Waals surface area contributed by atoms with Gasteiger partial charge >= 0.3 is 0 Å². The van der Waals surface area contributed by atoms with Crippen LogP contribution in [0.15, 0.2) is 54.7 Å². The third kappa shape index (κ3) is 3.40. The normalized spacial score (nSPS) is 10.8. The number of hydrogen-bond acceptors (Lipinski definition) is 3. The van der Waals surface area contributed by atoms with Gasteiger partial charge in [0.05, 0.1) is 4.88 Å².